The van der Waals surface area contributed by atoms with E-state index in [1.54, 1.807) is 25.3 Å². The standard InChI is InChI=1S/C25H20N2O4S2/c1-13-6-8-16-19(11-13)33-25(26-16)27-21(18-5-4-10-32-18)20(23(29)24(27)30)22(28)15-7-9-17(31-3)14(2)12-15/h4-12,21,28H,1-3H3/b22-20+/t21-/m0/s1. The molecule has 4 aromatic rings. The molecule has 1 aliphatic rings. The second-order valence-electron chi connectivity index (χ2n) is 7.84. The number of benzene rings is 2. The molecule has 6 nitrogen and oxygen atoms in total. The van der Waals surface area contributed by atoms with Crippen LogP contribution >= 0.6 is 22.7 Å². The smallest absolute Gasteiger partial charge is 0.301 e. The van der Waals surface area contributed by atoms with E-state index in [1.807, 2.05) is 49.6 Å². The zero-order chi connectivity index (χ0) is 23.3. The summed E-state index contributed by atoms with van der Waals surface area (Å²) in [6.45, 7) is 3.85. The van der Waals surface area contributed by atoms with E-state index in [0.717, 1.165) is 26.2 Å². The third kappa shape index (κ3) is 3.51. The van der Waals surface area contributed by atoms with E-state index in [1.165, 1.54) is 27.6 Å². The van der Waals surface area contributed by atoms with Crippen LogP contribution < -0.4 is 9.64 Å². The Morgan fingerprint density at radius 2 is 1.94 bits per heavy atom. The summed E-state index contributed by atoms with van der Waals surface area (Å²) < 4.78 is 6.24. The van der Waals surface area contributed by atoms with Crippen LogP contribution in [-0.4, -0.2) is 28.9 Å². The molecule has 8 heteroatoms. The first-order chi connectivity index (χ1) is 15.9. The van der Waals surface area contributed by atoms with Crippen LogP contribution in [0.2, 0.25) is 0 Å². The van der Waals surface area contributed by atoms with Crippen molar-refractivity contribution in [3.05, 3.63) is 81.1 Å². The average molecular weight is 477 g/mol. The lowest BCUT2D eigenvalue weighted by molar-refractivity contribution is -0.132. The molecule has 1 saturated heterocycles. The number of thiazole rings is 1. The molecule has 1 aliphatic heterocycles. The van der Waals surface area contributed by atoms with E-state index in [0.29, 0.717) is 16.4 Å². The fourth-order valence-electron chi connectivity index (χ4n) is 4.05. The molecule has 5 rings (SSSR count). The maximum atomic E-state index is 13.3. The molecule has 1 fully saturated rings. The number of ketones is 1. The minimum atomic E-state index is -0.755. The highest BCUT2D eigenvalue weighted by Gasteiger charge is 2.48. The van der Waals surface area contributed by atoms with Crippen LogP contribution in [0.4, 0.5) is 5.13 Å². The van der Waals surface area contributed by atoms with Crippen molar-refractivity contribution in [2.45, 2.75) is 19.9 Å². The molecule has 1 N–H and O–H groups in total. The molecular formula is C25H20N2O4S2. The van der Waals surface area contributed by atoms with E-state index < -0.39 is 17.7 Å². The number of hydrogen-bond donors (Lipinski definition) is 1. The van der Waals surface area contributed by atoms with Crippen LogP contribution in [0.1, 0.15) is 27.6 Å². The van der Waals surface area contributed by atoms with Crippen molar-refractivity contribution in [2.75, 3.05) is 12.0 Å². The summed E-state index contributed by atoms with van der Waals surface area (Å²) in [7, 11) is 1.57. The number of ether oxygens (including phenoxy) is 1. The summed E-state index contributed by atoms with van der Waals surface area (Å²) in [6, 6.07) is 14.0. The van der Waals surface area contributed by atoms with Crippen molar-refractivity contribution in [2.24, 2.45) is 0 Å². The SMILES string of the molecule is COc1ccc(/C(O)=C2\C(=O)C(=O)N(c3nc4ccc(C)cc4s3)[C@H]2c2cccs2)cc1C. The quantitative estimate of drug-likeness (QED) is 0.235. The van der Waals surface area contributed by atoms with Gasteiger partial charge < -0.3 is 9.84 Å². The molecule has 1 atom stereocenters. The predicted molar refractivity (Wildman–Crippen MR) is 131 cm³/mol. The van der Waals surface area contributed by atoms with Gasteiger partial charge in [-0.3, -0.25) is 14.5 Å². The minimum Gasteiger partial charge on any atom is -0.507 e. The highest BCUT2D eigenvalue weighted by atomic mass is 32.1. The number of carbonyl (C=O) groups excluding carboxylic acids is 2. The number of rotatable bonds is 4. The highest BCUT2D eigenvalue weighted by molar-refractivity contribution is 7.22. The van der Waals surface area contributed by atoms with Crippen LogP contribution in [0, 0.1) is 13.8 Å². The van der Waals surface area contributed by atoms with Crippen molar-refractivity contribution in [1.29, 1.82) is 0 Å². The molecule has 3 heterocycles. The van der Waals surface area contributed by atoms with E-state index >= 15 is 0 Å². The molecule has 0 unspecified atom stereocenters. The van der Waals surface area contributed by atoms with Gasteiger partial charge in [-0.25, -0.2) is 4.98 Å². The number of amides is 1. The number of aliphatic hydroxyl groups excluding tert-OH is 1. The van der Waals surface area contributed by atoms with Crippen LogP contribution in [0.5, 0.6) is 5.75 Å². The third-order valence-electron chi connectivity index (χ3n) is 5.66. The summed E-state index contributed by atoms with van der Waals surface area (Å²) in [5.74, 6) is -0.964. The second-order valence-corrected chi connectivity index (χ2v) is 9.82. The van der Waals surface area contributed by atoms with Gasteiger partial charge in [0.25, 0.3) is 5.78 Å². The topological polar surface area (TPSA) is 79.7 Å². The fraction of sp³-hybridized carbons (Fsp3) is 0.160. The number of aromatic nitrogens is 1. The first kappa shape index (κ1) is 21.4. The Kier molecular flexibility index (Phi) is 5.26. The van der Waals surface area contributed by atoms with Crippen LogP contribution in [0.3, 0.4) is 0 Å². The van der Waals surface area contributed by atoms with Gasteiger partial charge in [0, 0.05) is 10.4 Å². The number of anilines is 1. The van der Waals surface area contributed by atoms with Crippen LogP contribution in [0.15, 0.2) is 59.5 Å². The lowest BCUT2D eigenvalue weighted by Crippen LogP contribution is -2.28. The maximum Gasteiger partial charge on any atom is 0.301 e. The van der Waals surface area contributed by atoms with Crippen LogP contribution in [-0.2, 0) is 9.59 Å². The summed E-state index contributed by atoms with van der Waals surface area (Å²) in [5.41, 5.74) is 3.17. The van der Waals surface area contributed by atoms with Gasteiger partial charge in [0.15, 0.2) is 5.13 Å². The van der Waals surface area contributed by atoms with Gasteiger partial charge >= 0.3 is 5.91 Å². The number of hydrogen-bond acceptors (Lipinski definition) is 7. The Morgan fingerprint density at radius 3 is 2.64 bits per heavy atom. The molecule has 33 heavy (non-hydrogen) atoms. The number of carbonyl (C=O) groups is 2. The largest absolute Gasteiger partial charge is 0.507 e. The Bertz CT molecular complexity index is 1440. The van der Waals surface area contributed by atoms with E-state index in [2.05, 4.69) is 4.98 Å². The molecule has 0 radical (unpaired) electrons. The first-order valence-corrected chi connectivity index (χ1v) is 11.9. The molecule has 1 amide bonds. The number of aliphatic hydroxyl groups is 1. The number of methoxy groups -OCH3 is 1. The van der Waals surface area contributed by atoms with Gasteiger partial charge in [-0.1, -0.05) is 23.5 Å². The van der Waals surface area contributed by atoms with Gasteiger partial charge in [-0.15, -0.1) is 11.3 Å². The summed E-state index contributed by atoms with van der Waals surface area (Å²) in [4.78, 5) is 33.3. The molecule has 0 bridgehead atoms. The highest BCUT2D eigenvalue weighted by Crippen LogP contribution is 2.45. The van der Waals surface area contributed by atoms with Crippen molar-refractivity contribution >= 4 is 55.5 Å². The van der Waals surface area contributed by atoms with Gasteiger partial charge in [-0.05, 0) is 66.8 Å². The van der Waals surface area contributed by atoms with E-state index in [-0.39, 0.29) is 11.3 Å². The molecule has 0 aliphatic carbocycles. The average Bonchev–Trinajstić information content (AvgIpc) is 3.52. The van der Waals surface area contributed by atoms with Crippen molar-refractivity contribution in [3.8, 4) is 5.75 Å². The van der Waals surface area contributed by atoms with E-state index in [4.69, 9.17) is 4.74 Å². The lowest BCUT2D eigenvalue weighted by Gasteiger charge is -2.21. The predicted octanol–water partition coefficient (Wildman–Crippen LogP) is 5.61. The van der Waals surface area contributed by atoms with Gasteiger partial charge in [0.1, 0.15) is 17.6 Å². The fourth-order valence-corrected chi connectivity index (χ4v) is 5.96. The minimum absolute atomic E-state index is 0.0578. The Morgan fingerprint density at radius 1 is 1.12 bits per heavy atom. The first-order valence-electron chi connectivity index (χ1n) is 10.3. The van der Waals surface area contributed by atoms with Crippen molar-refractivity contribution in [3.63, 3.8) is 0 Å². The summed E-state index contributed by atoms with van der Waals surface area (Å²) in [5, 5.41) is 13.5. The molecule has 2 aromatic heterocycles. The van der Waals surface area contributed by atoms with Crippen molar-refractivity contribution in [1.82, 2.24) is 4.98 Å². The second kappa shape index (κ2) is 8.13. The maximum absolute atomic E-state index is 13.3. The lowest BCUT2D eigenvalue weighted by atomic mass is 9.99. The number of Topliss-reactive ketones (excluding diaryl/α,β-unsaturated/α-hetero) is 1. The van der Waals surface area contributed by atoms with Crippen molar-refractivity contribution < 1.29 is 19.4 Å². The molecule has 0 saturated carbocycles. The number of nitrogens with zero attached hydrogens (tertiary/aromatic N) is 2. The number of thiophene rings is 1. The zero-order valence-corrected chi connectivity index (χ0v) is 19.8. The zero-order valence-electron chi connectivity index (χ0n) is 18.2. The summed E-state index contributed by atoms with van der Waals surface area (Å²) in [6.07, 6.45) is 0. The van der Waals surface area contributed by atoms with Gasteiger partial charge in [0.05, 0.1) is 22.9 Å². The molecular weight excluding hydrogens is 456 g/mol. The Balaban J connectivity index is 1.70. The molecule has 2 aromatic carbocycles. The number of aryl methyl sites for hydroxylation is 2. The number of fused-ring (bicyclic) bond motifs is 1. The third-order valence-corrected chi connectivity index (χ3v) is 7.61. The monoisotopic (exact) mass is 476 g/mol. The summed E-state index contributed by atoms with van der Waals surface area (Å²) >= 11 is 2.78. The molecule has 0 spiro atoms. The normalized spacial score (nSPS) is 17.8. The van der Waals surface area contributed by atoms with Gasteiger partial charge in [-0.2, -0.15) is 0 Å². The van der Waals surface area contributed by atoms with Crippen LogP contribution in [0.25, 0.3) is 16.0 Å². The van der Waals surface area contributed by atoms with Gasteiger partial charge in [0.2, 0.25) is 0 Å². The Hall–Kier alpha value is -3.49. The van der Waals surface area contributed by atoms with E-state index in [9.17, 15) is 14.7 Å². The Labute approximate surface area is 198 Å². The molecule has 166 valence electrons.